The molecule has 2 saturated heterocycles. The molecule has 0 bridgehead atoms. The smallest absolute Gasteiger partial charge is 0.318 e. The largest absolute Gasteiger partial charge is 0.341 e. The van der Waals surface area contributed by atoms with Crippen molar-refractivity contribution < 1.29 is 14.4 Å². The van der Waals surface area contributed by atoms with Crippen molar-refractivity contribution in [2.24, 2.45) is 0 Å². The number of likely N-dealkylation sites (N-methyl/N-ethyl adjacent to an activating group) is 1. The molecule has 2 fully saturated rings. The molecule has 3 heterocycles. The number of para-hydroxylation sites is 1. The van der Waals surface area contributed by atoms with Crippen molar-refractivity contribution in [3.8, 4) is 0 Å². The van der Waals surface area contributed by atoms with Gasteiger partial charge in [0.15, 0.2) is 0 Å². The Morgan fingerprint density at radius 3 is 2.31 bits per heavy atom. The van der Waals surface area contributed by atoms with Crippen molar-refractivity contribution in [1.29, 1.82) is 0 Å². The Kier molecular flexibility index (Phi) is 7.93. The van der Waals surface area contributed by atoms with Crippen LogP contribution in [0.3, 0.4) is 0 Å². The van der Waals surface area contributed by atoms with E-state index in [-0.39, 0.29) is 29.9 Å². The third kappa shape index (κ3) is 5.53. The van der Waals surface area contributed by atoms with Crippen LogP contribution in [0.5, 0.6) is 0 Å². The Bertz CT molecular complexity index is 1190. The number of piperidine rings is 1. The molecule has 0 unspecified atom stereocenters. The molecule has 3 aliphatic heterocycles. The van der Waals surface area contributed by atoms with Crippen LogP contribution in [-0.4, -0.2) is 79.0 Å². The van der Waals surface area contributed by atoms with Crippen molar-refractivity contribution in [3.05, 3.63) is 65.7 Å². The highest BCUT2D eigenvalue weighted by Crippen LogP contribution is 2.43. The summed E-state index contributed by atoms with van der Waals surface area (Å²) in [5, 5.41) is 6.31. The molecule has 208 valence electrons. The first kappa shape index (κ1) is 27.2. The number of benzene rings is 2. The summed E-state index contributed by atoms with van der Waals surface area (Å²) in [5.41, 5.74) is 2.67. The molecule has 8 nitrogen and oxygen atoms in total. The maximum Gasteiger partial charge on any atom is 0.318 e. The van der Waals surface area contributed by atoms with Crippen LogP contribution < -0.4 is 15.5 Å². The van der Waals surface area contributed by atoms with Gasteiger partial charge in [-0.3, -0.25) is 9.59 Å². The van der Waals surface area contributed by atoms with Gasteiger partial charge in [-0.25, -0.2) is 4.79 Å². The van der Waals surface area contributed by atoms with E-state index < -0.39 is 11.5 Å². The molecular formula is C31H41N5O3. The first-order valence-electron chi connectivity index (χ1n) is 14.3. The molecule has 2 aromatic carbocycles. The molecule has 5 rings (SSSR count). The van der Waals surface area contributed by atoms with Crippen molar-refractivity contribution in [2.75, 3.05) is 38.1 Å². The molecule has 0 radical (unpaired) electrons. The summed E-state index contributed by atoms with van der Waals surface area (Å²) >= 11 is 0. The normalized spacial score (nSPS) is 21.7. The van der Waals surface area contributed by atoms with E-state index >= 15 is 0 Å². The van der Waals surface area contributed by atoms with Gasteiger partial charge in [-0.15, -0.1) is 0 Å². The number of rotatable bonds is 7. The lowest BCUT2D eigenvalue weighted by atomic mass is 9.86. The van der Waals surface area contributed by atoms with E-state index in [0.29, 0.717) is 39.0 Å². The first-order valence-corrected chi connectivity index (χ1v) is 14.3. The van der Waals surface area contributed by atoms with Crippen LogP contribution in [0.4, 0.5) is 10.5 Å². The second kappa shape index (κ2) is 11.4. The van der Waals surface area contributed by atoms with Gasteiger partial charge in [-0.05, 0) is 70.2 Å². The van der Waals surface area contributed by atoms with E-state index in [2.05, 4.69) is 22.8 Å². The maximum atomic E-state index is 13.8. The van der Waals surface area contributed by atoms with Crippen molar-refractivity contribution in [1.82, 2.24) is 20.4 Å². The van der Waals surface area contributed by atoms with Gasteiger partial charge in [0.25, 0.3) is 0 Å². The standard InChI is InChI=1S/C31H41N5O3/c1-31(2)25-11-7-8-12-27(25)36(29(31)38)24-16-19-34(20-17-24)28(37)26(14-13-22-9-5-4-6-10-22)33-30(39)35-18-15-23(21-35)32-3/h4-12,23-24,26,32H,13-21H2,1-3H3,(H,33,39)/t23-,26-/m0/s1. The summed E-state index contributed by atoms with van der Waals surface area (Å²) in [6.45, 7) is 6.45. The Morgan fingerprint density at radius 2 is 1.62 bits per heavy atom. The molecule has 3 aliphatic rings. The zero-order valence-electron chi connectivity index (χ0n) is 23.4. The van der Waals surface area contributed by atoms with Crippen LogP contribution >= 0.6 is 0 Å². The fourth-order valence-electron chi connectivity index (χ4n) is 6.30. The predicted molar refractivity (Wildman–Crippen MR) is 153 cm³/mol. The number of hydrogen-bond donors (Lipinski definition) is 2. The highest BCUT2D eigenvalue weighted by Gasteiger charge is 2.47. The zero-order valence-corrected chi connectivity index (χ0v) is 23.4. The average Bonchev–Trinajstić information content (AvgIpc) is 3.52. The Labute approximate surface area is 231 Å². The summed E-state index contributed by atoms with van der Waals surface area (Å²) in [5.74, 6) is 0.0996. The van der Waals surface area contributed by atoms with Crippen molar-refractivity contribution >= 4 is 23.5 Å². The highest BCUT2D eigenvalue weighted by atomic mass is 16.2. The molecule has 8 heteroatoms. The zero-order chi connectivity index (χ0) is 27.6. The number of aryl methyl sites for hydroxylation is 1. The van der Waals surface area contributed by atoms with E-state index in [9.17, 15) is 14.4 Å². The summed E-state index contributed by atoms with van der Waals surface area (Å²) < 4.78 is 0. The molecule has 4 amide bonds. The quantitative estimate of drug-likeness (QED) is 0.574. The number of nitrogens with one attached hydrogen (secondary N) is 2. The van der Waals surface area contributed by atoms with Crippen LogP contribution in [0, 0.1) is 0 Å². The minimum absolute atomic E-state index is 0.0319. The summed E-state index contributed by atoms with van der Waals surface area (Å²) in [6, 6.07) is 17.7. The van der Waals surface area contributed by atoms with E-state index in [1.54, 1.807) is 4.90 Å². The minimum Gasteiger partial charge on any atom is -0.341 e. The second-order valence-corrected chi connectivity index (χ2v) is 11.6. The number of anilines is 1. The number of hydrogen-bond acceptors (Lipinski definition) is 4. The monoisotopic (exact) mass is 531 g/mol. The van der Waals surface area contributed by atoms with Gasteiger partial charge in [-0.2, -0.15) is 0 Å². The van der Waals surface area contributed by atoms with Crippen LogP contribution in [0.25, 0.3) is 0 Å². The molecule has 0 aromatic heterocycles. The Hall–Kier alpha value is -3.39. The van der Waals surface area contributed by atoms with E-state index in [1.165, 1.54) is 0 Å². The number of nitrogens with zero attached hydrogens (tertiary/aromatic N) is 3. The summed E-state index contributed by atoms with van der Waals surface area (Å²) in [7, 11) is 1.91. The lowest BCUT2D eigenvalue weighted by Crippen LogP contribution is -2.55. The molecule has 0 saturated carbocycles. The van der Waals surface area contributed by atoms with Gasteiger partial charge >= 0.3 is 6.03 Å². The topological polar surface area (TPSA) is 85.0 Å². The molecule has 0 aliphatic carbocycles. The van der Waals surface area contributed by atoms with Gasteiger partial charge in [0.1, 0.15) is 6.04 Å². The lowest BCUT2D eigenvalue weighted by Gasteiger charge is -2.39. The fraction of sp³-hybridized carbons (Fsp3) is 0.516. The predicted octanol–water partition coefficient (Wildman–Crippen LogP) is 3.31. The van der Waals surface area contributed by atoms with E-state index in [4.69, 9.17) is 0 Å². The van der Waals surface area contributed by atoms with Crippen LogP contribution in [-0.2, 0) is 21.4 Å². The van der Waals surface area contributed by atoms with Crippen molar-refractivity contribution in [2.45, 2.75) is 69.5 Å². The molecule has 39 heavy (non-hydrogen) atoms. The lowest BCUT2D eigenvalue weighted by molar-refractivity contribution is -0.134. The first-order chi connectivity index (χ1) is 18.8. The minimum atomic E-state index is -0.587. The number of carbonyl (C=O) groups is 3. The summed E-state index contributed by atoms with van der Waals surface area (Å²) in [4.78, 5) is 46.0. The third-order valence-corrected chi connectivity index (χ3v) is 8.78. The number of amides is 4. The number of fused-ring (bicyclic) bond motifs is 1. The van der Waals surface area contributed by atoms with Gasteiger partial charge in [0, 0.05) is 44.0 Å². The van der Waals surface area contributed by atoms with E-state index in [1.807, 2.05) is 73.2 Å². The number of urea groups is 1. The van der Waals surface area contributed by atoms with Crippen LogP contribution in [0.15, 0.2) is 54.6 Å². The maximum absolute atomic E-state index is 13.8. The highest BCUT2D eigenvalue weighted by molar-refractivity contribution is 6.08. The van der Waals surface area contributed by atoms with Crippen LogP contribution in [0.2, 0.25) is 0 Å². The Morgan fingerprint density at radius 1 is 0.949 bits per heavy atom. The number of carbonyl (C=O) groups excluding carboxylic acids is 3. The number of likely N-dealkylation sites (tertiary alicyclic amines) is 2. The van der Waals surface area contributed by atoms with Gasteiger partial charge in [0.05, 0.1) is 5.41 Å². The molecule has 2 aromatic rings. The van der Waals surface area contributed by atoms with Crippen molar-refractivity contribution in [3.63, 3.8) is 0 Å². The van der Waals surface area contributed by atoms with Gasteiger partial charge < -0.3 is 25.3 Å². The van der Waals surface area contributed by atoms with Gasteiger partial charge in [0.2, 0.25) is 11.8 Å². The van der Waals surface area contributed by atoms with Crippen LogP contribution in [0.1, 0.15) is 50.7 Å². The molecule has 2 N–H and O–H groups in total. The second-order valence-electron chi connectivity index (χ2n) is 11.6. The Balaban J connectivity index is 1.25. The van der Waals surface area contributed by atoms with E-state index in [0.717, 1.165) is 36.1 Å². The molecule has 2 atom stereocenters. The van der Waals surface area contributed by atoms with Gasteiger partial charge in [-0.1, -0.05) is 48.5 Å². The SMILES string of the molecule is CN[C@H]1CCN(C(=O)N[C@@H](CCc2ccccc2)C(=O)N2CCC(N3C(=O)C(C)(C)c4ccccc43)CC2)C1. The molecule has 0 spiro atoms. The molecular weight excluding hydrogens is 490 g/mol. The summed E-state index contributed by atoms with van der Waals surface area (Å²) in [6.07, 6.45) is 3.61. The third-order valence-electron chi connectivity index (χ3n) is 8.78. The average molecular weight is 532 g/mol. The fourth-order valence-corrected chi connectivity index (χ4v) is 6.30.